The Morgan fingerprint density at radius 1 is 1.38 bits per heavy atom. The van der Waals surface area contributed by atoms with Crippen molar-refractivity contribution in [1.29, 1.82) is 0 Å². The van der Waals surface area contributed by atoms with Crippen molar-refractivity contribution in [2.45, 2.75) is 45.1 Å². The van der Waals surface area contributed by atoms with Crippen LogP contribution in [0, 0.1) is 6.92 Å². The van der Waals surface area contributed by atoms with Gasteiger partial charge in [-0.05, 0) is 38.8 Å². The molecule has 0 saturated heterocycles. The van der Waals surface area contributed by atoms with Gasteiger partial charge < -0.3 is 15.2 Å². The van der Waals surface area contributed by atoms with Crippen LogP contribution in [0.5, 0.6) is 0 Å². The lowest BCUT2D eigenvalue weighted by atomic mass is 9.98. The third kappa shape index (κ3) is 3.15. The zero-order valence-electron chi connectivity index (χ0n) is 12.3. The van der Waals surface area contributed by atoms with E-state index in [-0.39, 0.29) is 0 Å². The second kappa shape index (κ2) is 6.11. The van der Waals surface area contributed by atoms with Crippen molar-refractivity contribution in [1.82, 2.24) is 4.98 Å². The van der Waals surface area contributed by atoms with E-state index in [0.29, 0.717) is 36.5 Å². The molecule has 1 aliphatic rings. The molecule has 21 heavy (non-hydrogen) atoms. The first kappa shape index (κ1) is 15.3. The molecular formula is C15H20N2O4. The molecule has 0 atom stereocenters. The molecule has 114 valence electrons. The predicted octanol–water partition coefficient (Wildman–Crippen LogP) is 2.38. The standard InChI is InChI=1S/C15H20N2O4/c1-3-21-13(18)11-6-7-12(16-10(11)2)17-15(14(19)20)8-4-5-9-15/h6-7H,3-5,8-9H2,1-2H3,(H,16,17)(H,19,20). The van der Waals surface area contributed by atoms with Gasteiger partial charge in [0.05, 0.1) is 17.9 Å². The van der Waals surface area contributed by atoms with Crippen LogP contribution in [0.2, 0.25) is 0 Å². The van der Waals surface area contributed by atoms with Crippen LogP contribution < -0.4 is 5.32 Å². The Kier molecular flexibility index (Phi) is 4.45. The van der Waals surface area contributed by atoms with Gasteiger partial charge in [-0.3, -0.25) is 0 Å². The Morgan fingerprint density at radius 2 is 2.05 bits per heavy atom. The highest BCUT2D eigenvalue weighted by Crippen LogP contribution is 2.33. The van der Waals surface area contributed by atoms with Crippen LogP contribution in [0.4, 0.5) is 5.82 Å². The summed E-state index contributed by atoms with van der Waals surface area (Å²) in [6.07, 6.45) is 2.95. The molecule has 1 fully saturated rings. The van der Waals surface area contributed by atoms with Crippen molar-refractivity contribution < 1.29 is 19.4 Å². The largest absolute Gasteiger partial charge is 0.480 e. The van der Waals surface area contributed by atoms with Crippen LogP contribution in [-0.4, -0.2) is 34.2 Å². The number of rotatable bonds is 5. The van der Waals surface area contributed by atoms with E-state index in [1.54, 1.807) is 26.0 Å². The molecule has 0 spiro atoms. The normalized spacial score (nSPS) is 16.5. The Hall–Kier alpha value is -2.11. The molecule has 1 saturated carbocycles. The summed E-state index contributed by atoms with van der Waals surface area (Å²) in [7, 11) is 0. The minimum atomic E-state index is -0.940. The monoisotopic (exact) mass is 292 g/mol. The Morgan fingerprint density at radius 3 is 2.57 bits per heavy atom. The van der Waals surface area contributed by atoms with Gasteiger partial charge in [-0.25, -0.2) is 14.6 Å². The van der Waals surface area contributed by atoms with Crippen molar-refractivity contribution in [3.8, 4) is 0 Å². The van der Waals surface area contributed by atoms with Crippen LogP contribution in [0.25, 0.3) is 0 Å². The number of pyridine rings is 1. The first-order valence-electron chi connectivity index (χ1n) is 7.15. The molecule has 1 aromatic heterocycles. The molecule has 1 aromatic rings. The maximum atomic E-state index is 11.7. The van der Waals surface area contributed by atoms with Crippen LogP contribution in [-0.2, 0) is 9.53 Å². The summed E-state index contributed by atoms with van der Waals surface area (Å²) >= 11 is 0. The maximum absolute atomic E-state index is 11.7. The third-order valence-electron chi connectivity index (χ3n) is 3.81. The fraction of sp³-hybridized carbons (Fsp3) is 0.533. The number of aliphatic carboxylic acids is 1. The highest BCUT2D eigenvalue weighted by molar-refractivity contribution is 5.91. The number of aromatic nitrogens is 1. The SMILES string of the molecule is CCOC(=O)c1ccc(NC2(C(=O)O)CCCC2)nc1C. The highest BCUT2D eigenvalue weighted by Gasteiger charge is 2.41. The van der Waals surface area contributed by atoms with Gasteiger partial charge in [-0.2, -0.15) is 0 Å². The van der Waals surface area contributed by atoms with E-state index in [0.717, 1.165) is 12.8 Å². The molecule has 6 nitrogen and oxygen atoms in total. The van der Waals surface area contributed by atoms with Crippen molar-refractivity contribution in [2.75, 3.05) is 11.9 Å². The van der Waals surface area contributed by atoms with E-state index in [4.69, 9.17) is 4.74 Å². The van der Waals surface area contributed by atoms with Crippen LogP contribution in [0.15, 0.2) is 12.1 Å². The minimum absolute atomic E-state index is 0.306. The van der Waals surface area contributed by atoms with Crippen LogP contribution in [0.1, 0.15) is 48.7 Å². The lowest BCUT2D eigenvalue weighted by molar-refractivity contribution is -0.142. The maximum Gasteiger partial charge on any atom is 0.339 e. The molecule has 0 aliphatic heterocycles. The van der Waals surface area contributed by atoms with Crippen molar-refractivity contribution >= 4 is 17.8 Å². The van der Waals surface area contributed by atoms with Gasteiger partial charge in [0.1, 0.15) is 11.4 Å². The summed E-state index contributed by atoms with van der Waals surface area (Å²) < 4.78 is 4.95. The summed E-state index contributed by atoms with van der Waals surface area (Å²) in [4.78, 5) is 27.5. The summed E-state index contributed by atoms with van der Waals surface area (Å²) in [6.45, 7) is 3.76. The molecule has 0 unspecified atom stereocenters. The molecule has 1 heterocycles. The molecule has 2 N–H and O–H groups in total. The number of nitrogens with zero attached hydrogens (tertiary/aromatic N) is 1. The van der Waals surface area contributed by atoms with Gasteiger partial charge in [0, 0.05) is 0 Å². The predicted molar refractivity (Wildman–Crippen MR) is 77.4 cm³/mol. The molecule has 0 amide bonds. The van der Waals surface area contributed by atoms with Gasteiger partial charge in [0.2, 0.25) is 0 Å². The fourth-order valence-electron chi connectivity index (χ4n) is 2.67. The number of carboxylic acids is 1. The lowest BCUT2D eigenvalue weighted by Gasteiger charge is -2.26. The number of aryl methyl sites for hydroxylation is 1. The summed E-state index contributed by atoms with van der Waals surface area (Å²) in [6, 6.07) is 3.25. The molecule has 6 heteroatoms. The number of hydrogen-bond donors (Lipinski definition) is 2. The van der Waals surface area contributed by atoms with Crippen LogP contribution >= 0.6 is 0 Å². The number of carboxylic acid groups (broad SMARTS) is 1. The number of esters is 1. The summed E-state index contributed by atoms with van der Waals surface area (Å²) in [5.74, 6) is -0.790. The van der Waals surface area contributed by atoms with E-state index < -0.39 is 17.5 Å². The molecule has 2 rings (SSSR count). The minimum Gasteiger partial charge on any atom is -0.480 e. The Bertz CT molecular complexity index is 551. The molecule has 0 aromatic carbocycles. The zero-order valence-corrected chi connectivity index (χ0v) is 12.3. The second-order valence-electron chi connectivity index (χ2n) is 5.27. The summed E-state index contributed by atoms with van der Waals surface area (Å²) in [5, 5.41) is 12.5. The molecule has 0 radical (unpaired) electrons. The van der Waals surface area contributed by atoms with E-state index in [2.05, 4.69) is 10.3 Å². The van der Waals surface area contributed by atoms with Gasteiger partial charge in [-0.1, -0.05) is 12.8 Å². The van der Waals surface area contributed by atoms with E-state index >= 15 is 0 Å². The Balaban J connectivity index is 2.20. The number of hydrogen-bond acceptors (Lipinski definition) is 5. The molecular weight excluding hydrogens is 272 g/mol. The van der Waals surface area contributed by atoms with Crippen molar-refractivity contribution in [3.05, 3.63) is 23.4 Å². The average molecular weight is 292 g/mol. The Labute approximate surface area is 123 Å². The highest BCUT2D eigenvalue weighted by atomic mass is 16.5. The number of nitrogens with one attached hydrogen (secondary N) is 1. The number of carbonyl (C=O) groups excluding carboxylic acids is 1. The van der Waals surface area contributed by atoms with Crippen molar-refractivity contribution in [2.24, 2.45) is 0 Å². The van der Waals surface area contributed by atoms with E-state index in [1.807, 2.05) is 0 Å². The average Bonchev–Trinajstić information content (AvgIpc) is 2.89. The van der Waals surface area contributed by atoms with Crippen molar-refractivity contribution in [3.63, 3.8) is 0 Å². The number of anilines is 1. The number of carbonyl (C=O) groups is 2. The van der Waals surface area contributed by atoms with Crippen LogP contribution in [0.3, 0.4) is 0 Å². The van der Waals surface area contributed by atoms with Gasteiger partial charge in [0.25, 0.3) is 0 Å². The fourth-order valence-corrected chi connectivity index (χ4v) is 2.67. The first-order valence-corrected chi connectivity index (χ1v) is 7.15. The lowest BCUT2D eigenvalue weighted by Crippen LogP contribution is -2.44. The van der Waals surface area contributed by atoms with Gasteiger partial charge >= 0.3 is 11.9 Å². The van der Waals surface area contributed by atoms with Gasteiger partial charge in [0.15, 0.2) is 0 Å². The molecule has 0 bridgehead atoms. The second-order valence-corrected chi connectivity index (χ2v) is 5.27. The number of ether oxygens (including phenoxy) is 1. The topological polar surface area (TPSA) is 88.5 Å². The first-order chi connectivity index (χ1) is 9.98. The van der Waals surface area contributed by atoms with Gasteiger partial charge in [-0.15, -0.1) is 0 Å². The smallest absolute Gasteiger partial charge is 0.339 e. The molecule has 1 aliphatic carbocycles. The van der Waals surface area contributed by atoms with E-state index in [9.17, 15) is 14.7 Å². The quantitative estimate of drug-likeness (QED) is 0.810. The zero-order chi connectivity index (χ0) is 15.5. The summed E-state index contributed by atoms with van der Waals surface area (Å²) in [5.41, 5.74) is -0.0135. The van der Waals surface area contributed by atoms with E-state index in [1.165, 1.54) is 0 Å². The third-order valence-corrected chi connectivity index (χ3v) is 3.81.